The minimum Gasteiger partial charge on any atom is -0.394 e. The number of nitrogens with one attached hydrogen (secondary N) is 1. The van der Waals surface area contributed by atoms with E-state index in [4.69, 9.17) is 4.74 Å². The Labute approximate surface area is 179 Å². The third-order valence-electron chi connectivity index (χ3n) is 5.41. The highest BCUT2D eigenvalue weighted by Crippen LogP contribution is 2.23. The molecule has 2 aromatic heterocycles. The molecule has 162 valence electrons. The van der Waals surface area contributed by atoms with Crippen molar-refractivity contribution in [3.63, 3.8) is 0 Å². The van der Waals surface area contributed by atoms with Gasteiger partial charge < -0.3 is 15.2 Å². The molecular formula is C22H24FN5O3. The maximum absolute atomic E-state index is 13.8. The number of carbonyl (C=O) groups excluding carboxylic acids is 1. The van der Waals surface area contributed by atoms with Crippen LogP contribution in [0.2, 0.25) is 0 Å². The van der Waals surface area contributed by atoms with E-state index < -0.39 is 17.8 Å². The van der Waals surface area contributed by atoms with E-state index in [1.807, 2.05) is 18.3 Å². The number of nitrogens with zero attached hydrogens (tertiary/aromatic N) is 4. The van der Waals surface area contributed by atoms with Crippen molar-refractivity contribution in [2.24, 2.45) is 0 Å². The summed E-state index contributed by atoms with van der Waals surface area (Å²) in [6.45, 7) is 0.384. The van der Waals surface area contributed by atoms with E-state index in [0.29, 0.717) is 25.8 Å². The van der Waals surface area contributed by atoms with Crippen molar-refractivity contribution in [3.8, 4) is 11.3 Å². The van der Waals surface area contributed by atoms with Crippen LogP contribution in [-0.4, -0.2) is 55.8 Å². The van der Waals surface area contributed by atoms with Gasteiger partial charge in [-0.25, -0.2) is 4.39 Å². The molecule has 3 heterocycles. The number of rotatable bonds is 7. The molecule has 1 saturated heterocycles. The quantitative estimate of drug-likeness (QED) is 0.602. The van der Waals surface area contributed by atoms with E-state index in [-0.39, 0.29) is 24.3 Å². The van der Waals surface area contributed by atoms with Crippen LogP contribution in [0.25, 0.3) is 11.3 Å². The summed E-state index contributed by atoms with van der Waals surface area (Å²) in [4.78, 5) is 16.5. The molecule has 4 rings (SSSR count). The molecule has 3 atom stereocenters. The molecule has 3 aromatic rings. The standard InChI is InChI=1S/C22H24FN5O3/c23-18-6-2-1-5-17(18)22(30)25-19-8-7-16(31-21(19)14-29)9-11-28-13-20(26-27-28)15-4-3-10-24-12-15/h1-6,10,12-13,16,19,21,29H,7-9,11,14H2,(H,25,30)/t16-,19+,21+/m0/s1. The first-order chi connectivity index (χ1) is 15.1. The number of amides is 1. The van der Waals surface area contributed by atoms with Gasteiger partial charge in [-0.05, 0) is 43.5 Å². The highest BCUT2D eigenvalue weighted by molar-refractivity contribution is 5.94. The van der Waals surface area contributed by atoms with Crippen LogP contribution in [0.1, 0.15) is 29.6 Å². The zero-order valence-corrected chi connectivity index (χ0v) is 16.9. The van der Waals surface area contributed by atoms with Crippen molar-refractivity contribution in [3.05, 3.63) is 66.4 Å². The second-order valence-electron chi connectivity index (χ2n) is 7.51. The molecule has 0 unspecified atom stereocenters. The lowest BCUT2D eigenvalue weighted by Crippen LogP contribution is -2.51. The fraction of sp³-hybridized carbons (Fsp3) is 0.364. The molecule has 2 N–H and O–H groups in total. The molecular weight excluding hydrogens is 401 g/mol. The fourth-order valence-electron chi connectivity index (χ4n) is 3.73. The Balaban J connectivity index is 1.30. The van der Waals surface area contributed by atoms with E-state index in [2.05, 4.69) is 20.6 Å². The normalized spacial score (nSPS) is 21.0. The molecule has 1 aliphatic heterocycles. The molecule has 1 amide bonds. The maximum Gasteiger partial charge on any atom is 0.254 e. The Morgan fingerprint density at radius 3 is 2.90 bits per heavy atom. The van der Waals surface area contributed by atoms with Gasteiger partial charge in [-0.2, -0.15) is 0 Å². The number of halogens is 1. The smallest absolute Gasteiger partial charge is 0.254 e. The lowest BCUT2D eigenvalue weighted by atomic mass is 9.96. The molecule has 0 spiro atoms. The number of hydrogen-bond donors (Lipinski definition) is 2. The second-order valence-corrected chi connectivity index (χ2v) is 7.51. The highest BCUT2D eigenvalue weighted by Gasteiger charge is 2.32. The lowest BCUT2D eigenvalue weighted by Gasteiger charge is -2.36. The van der Waals surface area contributed by atoms with Gasteiger partial charge in [0.25, 0.3) is 5.91 Å². The molecule has 0 bridgehead atoms. The van der Waals surface area contributed by atoms with Gasteiger partial charge in [0.1, 0.15) is 17.6 Å². The zero-order chi connectivity index (χ0) is 21.6. The monoisotopic (exact) mass is 425 g/mol. The molecule has 1 fully saturated rings. The molecule has 0 saturated carbocycles. The average Bonchev–Trinajstić information content (AvgIpc) is 3.28. The number of benzene rings is 1. The molecule has 9 heteroatoms. The number of aromatic nitrogens is 4. The van der Waals surface area contributed by atoms with Crippen molar-refractivity contribution >= 4 is 5.91 Å². The summed E-state index contributed by atoms with van der Waals surface area (Å²) in [5.74, 6) is -1.08. The topological polar surface area (TPSA) is 102 Å². The maximum atomic E-state index is 13.8. The van der Waals surface area contributed by atoms with Crippen LogP contribution in [0.4, 0.5) is 4.39 Å². The van der Waals surface area contributed by atoms with Crippen LogP contribution in [0, 0.1) is 5.82 Å². The Morgan fingerprint density at radius 2 is 2.13 bits per heavy atom. The van der Waals surface area contributed by atoms with Crippen molar-refractivity contribution in [1.29, 1.82) is 0 Å². The summed E-state index contributed by atoms with van der Waals surface area (Å²) in [6, 6.07) is 9.22. The summed E-state index contributed by atoms with van der Waals surface area (Å²) < 4.78 is 21.6. The first kappa shape index (κ1) is 21.1. The first-order valence-corrected chi connectivity index (χ1v) is 10.3. The number of aryl methyl sites for hydroxylation is 1. The van der Waals surface area contributed by atoms with Crippen molar-refractivity contribution < 1.29 is 19.0 Å². The van der Waals surface area contributed by atoms with Gasteiger partial charge in [0.2, 0.25) is 0 Å². The Morgan fingerprint density at radius 1 is 1.26 bits per heavy atom. The minimum atomic E-state index is -0.575. The number of carbonyl (C=O) groups is 1. The summed E-state index contributed by atoms with van der Waals surface area (Å²) in [6.07, 6.45) is 6.72. The van der Waals surface area contributed by atoms with E-state index in [9.17, 15) is 14.3 Å². The van der Waals surface area contributed by atoms with E-state index >= 15 is 0 Å². The molecule has 8 nitrogen and oxygen atoms in total. The number of pyridine rings is 1. The van der Waals surface area contributed by atoms with Crippen molar-refractivity contribution in [2.45, 2.75) is 44.1 Å². The molecule has 31 heavy (non-hydrogen) atoms. The number of aliphatic hydroxyl groups is 1. The van der Waals surface area contributed by atoms with E-state index in [1.54, 1.807) is 23.1 Å². The van der Waals surface area contributed by atoms with Crippen molar-refractivity contribution in [1.82, 2.24) is 25.3 Å². The Hall–Kier alpha value is -3.17. The van der Waals surface area contributed by atoms with Crippen LogP contribution in [0.15, 0.2) is 55.0 Å². The summed E-state index contributed by atoms with van der Waals surface area (Å²) >= 11 is 0. The average molecular weight is 425 g/mol. The summed E-state index contributed by atoms with van der Waals surface area (Å²) in [5.41, 5.74) is 1.63. The predicted molar refractivity (Wildman–Crippen MR) is 111 cm³/mol. The van der Waals surface area contributed by atoms with Gasteiger partial charge in [0.05, 0.1) is 30.5 Å². The predicted octanol–water partition coefficient (Wildman–Crippen LogP) is 2.21. The molecule has 1 aromatic carbocycles. The highest BCUT2D eigenvalue weighted by atomic mass is 19.1. The fourth-order valence-corrected chi connectivity index (χ4v) is 3.73. The van der Waals surface area contributed by atoms with Gasteiger partial charge in [-0.15, -0.1) is 5.10 Å². The SMILES string of the molecule is O=C(N[C@@H]1CC[C@@H](CCn2cc(-c3cccnc3)nn2)O[C@@H]1CO)c1ccccc1F. The third kappa shape index (κ3) is 5.12. The third-order valence-corrected chi connectivity index (χ3v) is 5.41. The molecule has 0 radical (unpaired) electrons. The van der Waals surface area contributed by atoms with Crippen LogP contribution in [-0.2, 0) is 11.3 Å². The van der Waals surface area contributed by atoms with Gasteiger partial charge in [-0.3, -0.25) is 14.5 Å². The Kier molecular flexibility index (Phi) is 6.63. The van der Waals surface area contributed by atoms with Crippen LogP contribution >= 0.6 is 0 Å². The molecule has 0 aliphatic carbocycles. The van der Waals surface area contributed by atoms with E-state index in [0.717, 1.165) is 11.3 Å². The van der Waals surface area contributed by atoms with Crippen molar-refractivity contribution in [2.75, 3.05) is 6.61 Å². The minimum absolute atomic E-state index is 0.0167. The number of aliphatic hydroxyl groups excluding tert-OH is 1. The largest absolute Gasteiger partial charge is 0.394 e. The Bertz CT molecular complexity index is 1010. The van der Waals surface area contributed by atoms with Gasteiger partial charge in [0.15, 0.2) is 0 Å². The first-order valence-electron chi connectivity index (χ1n) is 10.3. The van der Waals surface area contributed by atoms with E-state index in [1.165, 1.54) is 18.2 Å². The zero-order valence-electron chi connectivity index (χ0n) is 16.9. The van der Waals surface area contributed by atoms with Crippen LogP contribution in [0.5, 0.6) is 0 Å². The number of ether oxygens (including phenoxy) is 1. The van der Waals surface area contributed by atoms with Gasteiger partial charge in [-0.1, -0.05) is 17.3 Å². The summed E-state index contributed by atoms with van der Waals surface area (Å²) in [5, 5.41) is 20.9. The van der Waals surface area contributed by atoms with Gasteiger partial charge in [0, 0.05) is 24.5 Å². The number of hydrogen-bond acceptors (Lipinski definition) is 6. The summed E-state index contributed by atoms with van der Waals surface area (Å²) in [7, 11) is 0. The second kappa shape index (κ2) is 9.76. The van der Waals surface area contributed by atoms with Gasteiger partial charge >= 0.3 is 0 Å². The van der Waals surface area contributed by atoms with Crippen LogP contribution in [0.3, 0.4) is 0 Å². The lowest BCUT2D eigenvalue weighted by molar-refractivity contribution is -0.0912. The molecule has 1 aliphatic rings. The van der Waals surface area contributed by atoms with Crippen LogP contribution < -0.4 is 5.32 Å².